The van der Waals surface area contributed by atoms with Gasteiger partial charge in [0.05, 0.1) is 5.41 Å². The third-order valence-corrected chi connectivity index (χ3v) is 3.63. The van der Waals surface area contributed by atoms with E-state index < -0.39 is 5.41 Å². The van der Waals surface area contributed by atoms with Gasteiger partial charge in [-0.05, 0) is 44.0 Å². The number of carbonyl (C=O) groups is 1. The topological polar surface area (TPSA) is 29.1 Å². The Morgan fingerprint density at radius 3 is 2.78 bits per heavy atom. The van der Waals surface area contributed by atoms with E-state index in [1.807, 2.05) is 26.0 Å². The molecule has 1 aliphatic heterocycles. The zero-order valence-electron chi connectivity index (χ0n) is 11.0. The van der Waals surface area contributed by atoms with E-state index in [4.69, 9.17) is 11.6 Å². The van der Waals surface area contributed by atoms with Crippen LogP contribution in [0.3, 0.4) is 0 Å². The van der Waals surface area contributed by atoms with Crippen LogP contribution in [0, 0.1) is 5.41 Å². The van der Waals surface area contributed by atoms with E-state index in [-0.39, 0.29) is 5.91 Å². The van der Waals surface area contributed by atoms with Crippen LogP contribution in [0.5, 0.6) is 0 Å². The molecule has 0 spiro atoms. The minimum absolute atomic E-state index is 0.0414. The van der Waals surface area contributed by atoms with Crippen molar-refractivity contribution < 1.29 is 4.79 Å². The standard InChI is InChI=1S/C15H18ClNO/c1-4-5-6-12-11-9-10(16)7-8-13(11)17-14(18)15(12,2)3/h6-9H,4-5H2,1-3H3,(H,17,18)/b12-6-. The van der Waals surface area contributed by atoms with Crippen LogP contribution in [0.1, 0.15) is 39.2 Å². The number of nitrogens with one attached hydrogen (secondary N) is 1. The van der Waals surface area contributed by atoms with Crippen LogP contribution in [0.2, 0.25) is 5.02 Å². The molecular weight excluding hydrogens is 246 g/mol. The van der Waals surface area contributed by atoms with E-state index in [2.05, 4.69) is 18.3 Å². The Labute approximate surface area is 113 Å². The lowest BCUT2D eigenvalue weighted by molar-refractivity contribution is -0.121. The number of anilines is 1. The molecule has 0 fully saturated rings. The Morgan fingerprint density at radius 1 is 1.39 bits per heavy atom. The van der Waals surface area contributed by atoms with Crippen molar-refractivity contribution in [1.29, 1.82) is 0 Å². The third-order valence-electron chi connectivity index (χ3n) is 3.40. The molecule has 0 saturated carbocycles. The Hall–Kier alpha value is -1.28. The first-order valence-electron chi connectivity index (χ1n) is 6.29. The molecule has 2 nitrogen and oxygen atoms in total. The summed E-state index contributed by atoms with van der Waals surface area (Å²) in [5, 5.41) is 3.64. The Bertz CT molecular complexity index is 517. The van der Waals surface area contributed by atoms with Gasteiger partial charge in [0.15, 0.2) is 0 Å². The number of unbranched alkanes of at least 4 members (excludes halogenated alkanes) is 1. The molecule has 0 aliphatic carbocycles. The van der Waals surface area contributed by atoms with Crippen LogP contribution in [-0.4, -0.2) is 5.91 Å². The molecule has 1 amide bonds. The van der Waals surface area contributed by atoms with Gasteiger partial charge in [0.2, 0.25) is 5.91 Å². The van der Waals surface area contributed by atoms with Gasteiger partial charge in [0.25, 0.3) is 0 Å². The highest BCUT2D eigenvalue weighted by molar-refractivity contribution is 6.31. The number of carbonyl (C=O) groups excluding carboxylic acids is 1. The van der Waals surface area contributed by atoms with Crippen molar-refractivity contribution in [1.82, 2.24) is 0 Å². The van der Waals surface area contributed by atoms with Crippen LogP contribution in [0.4, 0.5) is 5.69 Å². The smallest absolute Gasteiger partial charge is 0.234 e. The van der Waals surface area contributed by atoms with Gasteiger partial charge in [0.1, 0.15) is 0 Å². The van der Waals surface area contributed by atoms with Crippen molar-refractivity contribution in [2.75, 3.05) is 5.32 Å². The van der Waals surface area contributed by atoms with Gasteiger partial charge in [-0.3, -0.25) is 4.79 Å². The molecule has 0 atom stereocenters. The molecule has 0 bridgehead atoms. The molecule has 1 N–H and O–H groups in total. The molecular formula is C15H18ClNO. The van der Waals surface area contributed by atoms with Gasteiger partial charge in [-0.25, -0.2) is 0 Å². The van der Waals surface area contributed by atoms with Gasteiger partial charge in [-0.2, -0.15) is 0 Å². The maximum atomic E-state index is 12.2. The Morgan fingerprint density at radius 2 is 2.11 bits per heavy atom. The highest BCUT2D eigenvalue weighted by atomic mass is 35.5. The fraction of sp³-hybridized carbons (Fsp3) is 0.400. The van der Waals surface area contributed by atoms with Gasteiger partial charge in [-0.1, -0.05) is 31.0 Å². The zero-order valence-corrected chi connectivity index (χ0v) is 11.8. The number of hydrogen-bond donors (Lipinski definition) is 1. The van der Waals surface area contributed by atoms with E-state index in [9.17, 15) is 4.79 Å². The molecule has 3 heteroatoms. The Balaban J connectivity index is 2.59. The number of rotatable bonds is 2. The number of allylic oxidation sites excluding steroid dienone is 1. The average Bonchev–Trinajstić information content (AvgIpc) is 2.31. The molecule has 2 rings (SSSR count). The van der Waals surface area contributed by atoms with E-state index in [0.717, 1.165) is 29.7 Å². The van der Waals surface area contributed by atoms with E-state index >= 15 is 0 Å². The highest BCUT2D eigenvalue weighted by Crippen LogP contribution is 2.44. The number of fused-ring (bicyclic) bond motifs is 1. The van der Waals surface area contributed by atoms with Gasteiger partial charge < -0.3 is 5.32 Å². The van der Waals surface area contributed by atoms with E-state index in [0.29, 0.717) is 5.02 Å². The molecule has 0 saturated heterocycles. The predicted molar refractivity (Wildman–Crippen MR) is 76.7 cm³/mol. The first kappa shape index (κ1) is 13.2. The largest absolute Gasteiger partial charge is 0.325 e. The lowest BCUT2D eigenvalue weighted by atomic mass is 9.75. The monoisotopic (exact) mass is 263 g/mol. The number of hydrogen-bond acceptors (Lipinski definition) is 1. The summed E-state index contributed by atoms with van der Waals surface area (Å²) in [6.45, 7) is 6.03. The number of halogens is 1. The van der Waals surface area contributed by atoms with Gasteiger partial charge in [-0.15, -0.1) is 0 Å². The fourth-order valence-corrected chi connectivity index (χ4v) is 2.41. The van der Waals surface area contributed by atoms with Crippen LogP contribution in [0.15, 0.2) is 24.3 Å². The van der Waals surface area contributed by atoms with Crippen molar-refractivity contribution in [2.45, 2.75) is 33.6 Å². The molecule has 0 aromatic heterocycles. The van der Waals surface area contributed by atoms with Crippen molar-refractivity contribution in [2.24, 2.45) is 5.41 Å². The van der Waals surface area contributed by atoms with Gasteiger partial charge in [0, 0.05) is 16.3 Å². The molecule has 1 aliphatic rings. The second kappa shape index (κ2) is 4.77. The van der Waals surface area contributed by atoms with Crippen LogP contribution in [0.25, 0.3) is 5.57 Å². The first-order valence-corrected chi connectivity index (χ1v) is 6.66. The number of amides is 1. The molecule has 0 unspecified atom stereocenters. The van der Waals surface area contributed by atoms with Crippen molar-refractivity contribution in [3.8, 4) is 0 Å². The first-order chi connectivity index (χ1) is 8.46. The molecule has 96 valence electrons. The summed E-state index contributed by atoms with van der Waals surface area (Å²) < 4.78 is 0. The van der Waals surface area contributed by atoms with E-state index in [1.165, 1.54) is 0 Å². The van der Waals surface area contributed by atoms with Crippen LogP contribution in [-0.2, 0) is 4.79 Å². The maximum Gasteiger partial charge on any atom is 0.234 e. The average molecular weight is 264 g/mol. The molecule has 18 heavy (non-hydrogen) atoms. The maximum absolute atomic E-state index is 12.2. The second-order valence-electron chi connectivity index (χ2n) is 5.18. The summed E-state index contributed by atoms with van der Waals surface area (Å²) in [7, 11) is 0. The Kier molecular flexibility index (Phi) is 3.49. The lowest BCUT2D eigenvalue weighted by Gasteiger charge is -2.34. The summed E-state index contributed by atoms with van der Waals surface area (Å²) in [4.78, 5) is 12.2. The molecule has 1 heterocycles. The lowest BCUT2D eigenvalue weighted by Crippen LogP contribution is -2.36. The molecule has 0 radical (unpaired) electrons. The summed E-state index contributed by atoms with van der Waals surface area (Å²) >= 11 is 6.07. The summed E-state index contributed by atoms with van der Waals surface area (Å²) in [6.07, 6.45) is 4.20. The normalized spacial score (nSPS) is 19.6. The summed E-state index contributed by atoms with van der Waals surface area (Å²) in [5.41, 5.74) is 2.46. The molecule has 1 aromatic rings. The van der Waals surface area contributed by atoms with Crippen molar-refractivity contribution in [3.05, 3.63) is 34.9 Å². The second-order valence-corrected chi connectivity index (χ2v) is 5.61. The van der Waals surface area contributed by atoms with Crippen molar-refractivity contribution in [3.63, 3.8) is 0 Å². The van der Waals surface area contributed by atoms with Crippen molar-refractivity contribution >= 4 is 28.8 Å². The van der Waals surface area contributed by atoms with Gasteiger partial charge >= 0.3 is 0 Å². The zero-order chi connectivity index (χ0) is 13.3. The predicted octanol–water partition coefficient (Wildman–Crippen LogP) is 4.50. The van der Waals surface area contributed by atoms with Crippen LogP contribution < -0.4 is 5.32 Å². The minimum Gasteiger partial charge on any atom is -0.325 e. The molecule has 1 aromatic carbocycles. The minimum atomic E-state index is -0.507. The highest BCUT2D eigenvalue weighted by Gasteiger charge is 2.37. The van der Waals surface area contributed by atoms with E-state index in [1.54, 1.807) is 6.07 Å². The fourth-order valence-electron chi connectivity index (χ4n) is 2.24. The summed E-state index contributed by atoms with van der Waals surface area (Å²) in [5.74, 6) is 0.0414. The summed E-state index contributed by atoms with van der Waals surface area (Å²) in [6, 6.07) is 5.60. The quantitative estimate of drug-likeness (QED) is 0.836. The van der Waals surface area contributed by atoms with Crippen LogP contribution >= 0.6 is 11.6 Å². The SMILES string of the molecule is CCC/C=C1/c2cc(Cl)ccc2NC(=O)C1(C)C. The number of benzene rings is 1. The third kappa shape index (κ3) is 2.17.